The second-order valence-electron chi connectivity index (χ2n) is 6.71. The van der Waals surface area contributed by atoms with E-state index in [4.69, 9.17) is 0 Å². The molecule has 1 fully saturated rings. The summed E-state index contributed by atoms with van der Waals surface area (Å²) in [7, 11) is 0. The lowest BCUT2D eigenvalue weighted by molar-refractivity contribution is 0.270. The Morgan fingerprint density at radius 3 is 2.50 bits per heavy atom. The third-order valence-electron chi connectivity index (χ3n) is 4.34. The molecule has 0 aromatic heterocycles. The Kier molecular flexibility index (Phi) is 4.11. The van der Waals surface area contributed by atoms with Crippen LogP contribution < -0.4 is 5.32 Å². The van der Waals surface area contributed by atoms with Crippen molar-refractivity contribution >= 4 is 0 Å². The van der Waals surface area contributed by atoms with Gasteiger partial charge in [0.05, 0.1) is 0 Å². The molecule has 2 atom stereocenters. The van der Waals surface area contributed by atoms with Gasteiger partial charge in [-0.1, -0.05) is 58.0 Å². The van der Waals surface area contributed by atoms with Gasteiger partial charge in [-0.2, -0.15) is 0 Å². The Hall–Kier alpha value is -0.820. The normalized spacial score (nSPS) is 23.4. The minimum absolute atomic E-state index is 0.461. The molecule has 1 aromatic rings. The molecule has 0 saturated heterocycles. The van der Waals surface area contributed by atoms with Gasteiger partial charge < -0.3 is 5.32 Å². The van der Waals surface area contributed by atoms with Gasteiger partial charge in [-0.3, -0.25) is 0 Å². The summed E-state index contributed by atoms with van der Waals surface area (Å²) in [6, 6.07) is 11.6. The fourth-order valence-electron chi connectivity index (χ4n) is 3.00. The molecule has 0 amide bonds. The number of hydrogen-bond acceptors (Lipinski definition) is 1. The van der Waals surface area contributed by atoms with Crippen LogP contribution in [0.2, 0.25) is 0 Å². The van der Waals surface area contributed by atoms with Crippen LogP contribution in [-0.4, -0.2) is 12.6 Å². The van der Waals surface area contributed by atoms with Crippen LogP contribution in [0.1, 0.15) is 52.0 Å². The molecular weight excluding hydrogens is 218 g/mol. The zero-order valence-corrected chi connectivity index (χ0v) is 12.2. The van der Waals surface area contributed by atoms with E-state index >= 15 is 0 Å². The Balaban J connectivity index is 1.86. The van der Waals surface area contributed by atoms with Crippen molar-refractivity contribution in [1.29, 1.82) is 0 Å². The maximum atomic E-state index is 3.54. The summed E-state index contributed by atoms with van der Waals surface area (Å²) >= 11 is 0. The Morgan fingerprint density at radius 1 is 1.22 bits per heavy atom. The smallest absolute Gasteiger partial charge is 0.00103 e. The molecular formula is C17H27N. The molecule has 100 valence electrons. The van der Waals surface area contributed by atoms with Crippen LogP contribution in [0.15, 0.2) is 30.3 Å². The van der Waals surface area contributed by atoms with Crippen molar-refractivity contribution in [1.82, 2.24) is 5.32 Å². The molecule has 1 heteroatoms. The molecule has 0 heterocycles. The Morgan fingerprint density at radius 2 is 1.89 bits per heavy atom. The minimum atomic E-state index is 0.461. The van der Waals surface area contributed by atoms with Gasteiger partial charge in [0.1, 0.15) is 0 Å². The summed E-state index contributed by atoms with van der Waals surface area (Å²) in [5.41, 5.74) is 2.00. The third-order valence-corrected chi connectivity index (χ3v) is 4.34. The molecule has 0 radical (unpaired) electrons. The van der Waals surface area contributed by atoms with E-state index in [-0.39, 0.29) is 0 Å². The topological polar surface area (TPSA) is 12.0 Å². The summed E-state index contributed by atoms with van der Waals surface area (Å²) in [6.45, 7) is 10.4. The number of benzene rings is 1. The van der Waals surface area contributed by atoms with Crippen molar-refractivity contribution in [2.75, 3.05) is 6.54 Å². The molecule has 2 rings (SSSR count). The SMILES string of the molecule is CC(C)NCCC(C)(C)C1CC1c1ccccc1. The van der Waals surface area contributed by atoms with E-state index in [0.717, 1.165) is 18.4 Å². The van der Waals surface area contributed by atoms with Crippen LogP contribution >= 0.6 is 0 Å². The minimum Gasteiger partial charge on any atom is -0.315 e. The van der Waals surface area contributed by atoms with Crippen molar-refractivity contribution in [3.8, 4) is 0 Å². The Labute approximate surface area is 112 Å². The zero-order valence-electron chi connectivity index (χ0n) is 12.2. The van der Waals surface area contributed by atoms with Crippen LogP contribution in [0.5, 0.6) is 0 Å². The van der Waals surface area contributed by atoms with Crippen LogP contribution in [0.3, 0.4) is 0 Å². The van der Waals surface area contributed by atoms with E-state index in [1.807, 2.05) is 0 Å². The summed E-state index contributed by atoms with van der Waals surface area (Å²) in [5, 5.41) is 3.54. The van der Waals surface area contributed by atoms with E-state index < -0.39 is 0 Å². The maximum Gasteiger partial charge on any atom is 0.00103 e. The number of nitrogens with one attached hydrogen (secondary N) is 1. The monoisotopic (exact) mass is 245 g/mol. The highest BCUT2D eigenvalue weighted by molar-refractivity contribution is 5.26. The summed E-state index contributed by atoms with van der Waals surface area (Å²) in [6.07, 6.45) is 2.65. The van der Waals surface area contributed by atoms with Crippen molar-refractivity contribution in [3.63, 3.8) is 0 Å². The molecule has 1 N–H and O–H groups in total. The van der Waals surface area contributed by atoms with Crippen molar-refractivity contribution in [2.45, 2.75) is 52.5 Å². The van der Waals surface area contributed by atoms with Gasteiger partial charge in [0, 0.05) is 6.04 Å². The number of rotatable bonds is 6. The lowest BCUT2D eigenvalue weighted by Crippen LogP contribution is -2.28. The van der Waals surface area contributed by atoms with Gasteiger partial charge in [-0.05, 0) is 42.2 Å². The maximum absolute atomic E-state index is 3.54. The third kappa shape index (κ3) is 3.35. The highest BCUT2D eigenvalue weighted by Gasteiger charge is 2.47. The first-order chi connectivity index (χ1) is 8.50. The number of hydrogen-bond donors (Lipinski definition) is 1. The molecule has 18 heavy (non-hydrogen) atoms. The van der Waals surface area contributed by atoms with Gasteiger partial charge >= 0.3 is 0 Å². The summed E-state index contributed by atoms with van der Waals surface area (Å²) in [5.74, 6) is 1.68. The van der Waals surface area contributed by atoms with Crippen molar-refractivity contribution in [2.24, 2.45) is 11.3 Å². The van der Waals surface area contributed by atoms with E-state index in [9.17, 15) is 0 Å². The second-order valence-corrected chi connectivity index (χ2v) is 6.71. The first kappa shape index (κ1) is 13.6. The quantitative estimate of drug-likeness (QED) is 0.792. The summed E-state index contributed by atoms with van der Waals surface area (Å²) < 4.78 is 0. The van der Waals surface area contributed by atoms with E-state index in [1.54, 1.807) is 0 Å². The first-order valence-corrected chi connectivity index (χ1v) is 7.29. The standard InChI is InChI=1S/C17H27N/c1-13(2)18-11-10-17(3,4)16-12-15(16)14-8-6-5-7-9-14/h5-9,13,15-16,18H,10-12H2,1-4H3. The fraction of sp³-hybridized carbons (Fsp3) is 0.647. The van der Waals surface area contributed by atoms with E-state index in [1.165, 1.54) is 18.4 Å². The summed E-state index contributed by atoms with van der Waals surface area (Å²) in [4.78, 5) is 0. The van der Waals surface area contributed by atoms with Crippen LogP contribution in [0.4, 0.5) is 0 Å². The molecule has 1 nitrogen and oxygen atoms in total. The lowest BCUT2D eigenvalue weighted by atomic mass is 9.82. The Bertz CT molecular complexity index is 366. The lowest BCUT2D eigenvalue weighted by Gasteiger charge is -2.26. The molecule has 2 unspecified atom stereocenters. The van der Waals surface area contributed by atoms with Crippen LogP contribution in [0.25, 0.3) is 0 Å². The van der Waals surface area contributed by atoms with Gasteiger partial charge in [-0.15, -0.1) is 0 Å². The average Bonchev–Trinajstić information content (AvgIpc) is 3.10. The molecule has 1 saturated carbocycles. The van der Waals surface area contributed by atoms with E-state index in [2.05, 4.69) is 63.3 Å². The zero-order chi connectivity index (χ0) is 13.2. The molecule has 1 aliphatic rings. The highest BCUT2D eigenvalue weighted by Crippen LogP contribution is 2.57. The predicted octanol–water partition coefficient (Wildman–Crippen LogP) is 4.20. The van der Waals surface area contributed by atoms with Crippen molar-refractivity contribution < 1.29 is 0 Å². The molecule has 1 aromatic carbocycles. The fourth-order valence-corrected chi connectivity index (χ4v) is 3.00. The highest BCUT2D eigenvalue weighted by atomic mass is 14.9. The largest absolute Gasteiger partial charge is 0.315 e. The van der Waals surface area contributed by atoms with Gasteiger partial charge in [0.25, 0.3) is 0 Å². The van der Waals surface area contributed by atoms with Gasteiger partial charge in [-0.25, -0.2) is 0 Å². The van der Waals surface area contributed by atoms with Gasteiger partial charge in [0.2, 0.25) is 0 Å². The van der Waals surface area contributed by atoms with Crippen LogP contribution in [-0.2, 0) is 0 Å². The molecule has 1 aliphatic carbocycles. The molecule has 0 bridgehead atoms. The van der Waals surface area contributed by atoms with Crippen molar-refractivity contribution in [3.05, 3.63) is 35.9 Å². The van der Waals surface area contributed by atoms with E-state index in [0.29, 0.717) is 11.5 Å². The molecule has 0 spiro atoms. The van der Waals surface area contributed by atoms with Crippen LogP contribution in [0, 0.1) is 11.3 Å². The average molecular weight is 245 g/mol. The second kappa shape index (κ2) is 5.44. The first-order valence-electron chi connectivity index (χ1n) is 7.29. The van der Waals surface area contributed by atoms with Gasteiger partial charge in [0.15, 0.2) is 0 Å². The predicted molar refractivity (Wildman–Crippen MR) is 78.8 cm³/mol. The molecule has 0 aliphatic heterocycles.